The fraction of sp³-hybridized carbons (Fsp3) is 0.321. The second-order valence-corrected chi connectivity index (χ2v) is 9.76. The Morgan fingerprint density at radius 1 is 1.19 bits per heavy atom. The summed E-state index contributed by atoms with van der Waals surface area (Å²) in [7, 11) is 0. The van der Waals surface area contributed by atoms with Gasteiger partial charge in [0.2, 0.25) is 11.9 Å². The normalized spacial score (nSPS) is 19.3. The van der Waals surface area contributed by atoms with Crippen molar-refractivity contribution < 1.29 is 18.7 Å². The Morgan fingerprint density at radius 3 is 2.70 bits per heavy atom. The van der Waals surface area contributed by atoms with E-state index in [2.05, 4.69) is 27.2 Å². The topological polar surface area (TPSA) is 88.6 Å². The van der Waals surface area contributed by atoms with Crippen molar-refractivity contribution in [3.8, 4) is 5.75 Å². The van der Waals surface area contributed by atoms with E-state index in [-0.39, 0.29) is 29.2 Å². The van der Waals surface area contributed by atoms with Crippen LogP contribution in [0.25, 0.3) is 0 Å². The number of ether oxygens (including phenoxy) is 2. The van der Waals surface area contributed by atoms with E-state index in [9.17, 15) is 9.18 Å². The average Bonchev–Trinajstić information content (AvgIpc) is 3.52. The molecule has 3 aliphatic rings. The molecule has 2 fully saturated rings. The van der Waals surface area contributed by atoms with E-state index in [0.29, 0.717) is 18.8 Å². The van der Waals surface area contributed by atoms with Crippen LogP contribution in [0.5, 0.6) is 5.75 Å². The maximum absolute atomic E-state index is 14.6. The van der Waals surface area contributed by atoms with Gasteiger partial charge in [0.05, 0.1) is 19.4 Å². The Labute approximate surface area is 214 Å². The molecule has 3 aromatic rings. The highest BCUT2D eigenvalue weighted by atomic mass is 19.1. The lowest BCUT2D eigenvalue weighted by Crippen LogP contribution is -2.40. The van der Waals surface area contributed by atoms with Gasteiger partial charge in [-0.15, -0.1) is 0 Å². The van der Waals surface area contributed by atoms with Gasteiger partial charge in [-0.3, -0.25) is 4.79 Å². The summed E-state index contributed by atoms with van der Waals surface area (Å²) >= 11 is 0. The quantitative estimate of drug-likeness (QED) is 0.429. The zero-order valence-corrected chi connectivity index (χ0v) is 20.4. The maximum Gasteiger partial charge on any atom is 0.250 e. The van der Waals surface area contributed by atoms with Crippen LogP contribution in [-0.2, 0) is 14.9 Å². The van der Waals surface area contributed by atoms with Gasteiger partial charge in [0, 0.05) is 35.4 Å². The summed E-state index contributed by atoms with van der Waals surface area (Å²) < 4.78 is 25.9. The average molecular weight is 502 g/mol. The molecular weight excluding hydrogens is 473 g/mol. The highest BCUT2D eigenvalue weighted by Crippen LogP contribution is 2.53. The third-order valence-electron chi connectivity index (χ3n) is 7.38. The van der Waals surface area contributed by atoms with Gasteiger partial charge in [0.1, 0.15) is 11.9 Å². The number of hydrogen-bond acceptors (Lipinski definition) is 7. The molecule has 1 aromatic heterocycles. The standard InChI is InChI=1S/C28H28FN5O3/c1-2-25(35)34-17-28(11-3-12-28)22-9-6-19(14-24(22)34)31-26-23(29)15-30-27(33-26)32-18-4-7-20(8-5-18)37-21-10-13-36-16-21/h2,4-9,14-15,21H,1,3,10-13,16-17H2,(H2,30,31,32,33). The van der Waals surface area contributed by atoms with Crippen LogP contribution in [0.3, 0.4) is 0 Å². The zero-order valence-electron chi connectivity index (χ0n) is 20.4. The Morgan fingerprint density at radius 2 is 2.00 bits per heavy atom. The van der Waals surface area contributed by atoms with Gasteiger partial charge in [-0.05, 0) is 60.9 Å². The summed E-state index contributed by atoms with van der Waals surface area (Å²) in [6.07, 6.45) is 6.70. The van der Waals surface area contributed by atoms with Gasteiger partial charge in [-0.2, -0.15) is 4.98 Å². The second kappa shape index (κ2) is 9.48. The summed E-state index contributed by atoms with van der Waals surface area (Å²) in [6.45, 7) is 5.63. The van der Waals surface area contributed by atoms with E-state index in [1.165, 1.54) is 6.08 Å². The number of fused-ring (bicyclic) bond motifs is 2. The van der Waals surface area contributed by atoms with Crippen LogP contribution < -0.4 is 20.3 Å². The highest BCUT2D eigenvalue weighted by Gasteiger charge is 2.48. The Hall–Kier alpha value is -3.98. The zero-order chi connectivity index (χ0) is 25.4. The number of benzene rings is 2. The molecule has 37 heavy (non-hydrogen) atoms. The third kappa shape index (κ3) is 4.51. The van der Waals surface area contributed by atoms with E-state index in [1.807, 2.05) is 42.5 Å². The van der Waals surface area contributed by atoms with E-state index in [1.54, 1.807) is 4.90 Å². The lowest BCUT2D eigenvalue weighted by Gasteiger charge is -2.38. The summed E-state index contributed by atoms with van der Waals surface area (Å²) in [5.41, 5.74) is 3.41. The van der Waals surface area contributed by atoms with Gasteiger partial charge < -0.3 is 25.0 Å². The number of anilines is 5. The minimum Gasteiger partial charge on any atom is -0.488 e. The first-order chi connectivity index (χ1) is 18.0. The monoisotopic (exact) mass is 501 g/mol. The minimum absolute atomic E-state index is 0.0231. The molecule has 190 valence electrons. The van der Waals surface area contributed by atoms with Crippen LogP contribution in [0.1, 0.15) is 31.2 Å². The predicted molar refractivity (Wildman–Crippen MR) is 139 cm³/mol. The second-order valence-electron chi connectivity index (χ2n) is 9.76. The number of carbonyl (C=O) groups is 1. The predicted octanol–water partition coefficient (Wildman–Crippen LogP) is 5.22. The fourth-order valence-electron chi connectivity index (χ4n) is 5.29. The van der Waals surface area contributed by atoms with E-state index in [0.717, 1.165) is 61.2 Å². The van der Waals surface area contributed by atoms with E-state index >= 15 is 0 Å². The maximum atomic E-state index is 14.6. The molecule has 0 radical (unpaired) electrons. The number of rotatable bonds is 7. The van der Waals surface area contributed by atoms with E-state index < -0.39 is 5.82 Å². The molecule has 1 spiro atoms. The van der Waals surface area contributed by atoms with Crippen molar-refractivity contribution in [2.75, 3.05) is 35.3 Å². The SMILES string of the molecule is C=CC(=O)N1CC2(CCC2)c2ccc(Nc3nc(Nc4ccc(OC5CCOC5)cc4)ncc3F)cc21. The number of hydrogen-bond donors (Lipinski definition) is 2. The molecule has 9 heteroatoms. The number of carbonyl (C=O) groups excluding carboxylic acids is 1. The van der Waals surface area contributed by atoms with Crippen molar-refractivity contribution in [3.05, 3.63) is 72.7 Å². The molecular formula is C28H28FN5O3. The van der Waals surface area contributed by atoms with Crippen LogP contribution >= 0.6 is 0 Å². The summed E-state index contributed by atoms with van der Waals surface area (Å²) in [6, 6.07) is 13.3. The van der Waals surface area contributed by atoms with Gasteiger partial charge in [0.15, 0.2) is 11.6 Å². The number of aromatic nitrogens is 2. The molecule has 2 aliphatic heterocycles. The number of nitrogens with one attached hydrogen (secondary N) is 2. The van der Waals surface area contributed by atoms with Crippen molar-refractivity contribution in [2.24, 2.45) is 0 Å². The summed E-state index contributed by atoms with van der Waals surface area (Å²) in [5.74, 6) is 0.335. The molecule has 2 N–H and O–H groups in total. The lowest BCUT2D eigenvalue weighted by atomic mass is 9.66. The molecule has 6 rings (SSSR count). The van der Waals surface area contributed by atoms with Gasteiger partial charge in [-0.1, -0.05) is 19.1 Å². The van der Waals surface area contributed by atoms with Crippen LogP contribution in [0.15, 0.2) is 61.3 Å². The molecule has 1 aliphatic carbocycles. The number of amides is 1. The van der Waals surface area contributed by atoms with Crippen molar-refractivity contribution >= 4 is 34.7 Å². The molecule has 3 heterocycles. The first-order valence-electron chi connectivity index (χ1n) is 12.5. The molecule has 8 nitrogen and oxygen atoms in total. The first kappa shape index (κ1) is 23.4. The van der Waals surface area contributed by atoms with Crippen molar-refractivity contribution in [3.63, 3.8) is 0 Å². The largest absolute Gasteiger partial charge is 0.488 e. The molecule has 1 unspecified atom stereocenters. The van der Waals surface area contributed by atoms with Crippen molar-refractivity contribution in [1.82, 2.24) is 9.97 Å². The number of nitrogens with zero attached hydrogens (tertiary/aromatic N) is 3. The molecule has 1 saturated heterocycles. The highest BCUT2D eigenvalue weighted by molar-refractivity contribution is 6.03. The first-order valence-corrected chi connectivity index (χ1v) is 12.5. The van der Waals surface area contributed by atoms with E-state index in [4.69, 9.17) is 9.47 Å². The van der Waals surface area contributed by atoms with Crippen molar-refractivity contribution in [1.29, 1.82) is 0 Å². The summed E-state index contributed by atoms with van der Waals surface area (Å²) in [5, 5.41) is 6.16. The Balaban J connectivity index is 1.19. The number of halogens is 1. The van der Waals surface area contributed by atoms with Gasteiger partial charge >= 0.3 is 0 Å². The van der Waals surface area contributed by atoms with Crippen LogP contribution in [0.2, 0.25) is 0 Å². The minimum atomic E-state index is -0.580. The van der Waals surface area contributed by atoms with Crippen molar-refractivity contribution in [2.45, 2.75) is 37.2 Å². The Kier molecular flexibility index (Phi) is 6.00. The molecule has 0 bridgehead atoms. The Bertz CT molecular complexity index is 1340. The van der Waals surface area contributed by atoms with Gasteiger partial charge in [0.25, 0.3) is 0 Å². The molecule has 1 saturated carbocycles. The van der Waals surface area contributed by atoms with Crippen LogP contribution in [-0.4, -0.2) is 41.7 Å². The molecule has 1 atom stereocenters. The van der Waals surface area contributed by atoms with Gasteiger partial charge in [-0.25, -0.2) is 9.37 Å². The van der Waals surface area contributed by atoms with Crippen LogP contribution in [0, 0.1) is 5.82 Å². The summed E-state index contributed by atoms with van der Waals surface area (Å²) in [4.78, 5) is 22.7. The molecule has 1 amide bonds. The molecule has 2 aromatic carbocycles. The third-order valence-corrected chi connectivity index (χ3v) is 7.38. The van der Waals surface area contributed by atoms with Crippen LogP contribution in [0.4, 0.5) is 33.2 Å². The fourth-order valence-corrected chi connectivity index (χ4v) is 5.29. The lowest BCUT2D eigenvalue weighted by molar-refractivity contribution is -0.114. The smallest absolute Gasteiger partial charge is 0.250 e.